The summed E-state index contributed by atoms with van der Waals surface area (Å²) in [7, 11) is 0. The van der Waals surface area contributed by atoms with Gasteiger partial charge in [0.1, 0.15) is 6.61 Å². The molecule has 2 heteroatoms. The summed E-state index contributed by atoms with van der Waals surface area (Å²) in [6.45, 7) is 9.46. The molecule has 0 amide bonds. The first-order chi connectivity index (χ1) is 5.66. The monoisotopic (exact) mass is 168 g/mol. The normalized spacial score (nSPS) is 9.08. The minimum Gasteiger partial charge on any atom is -0.461 e. The van der Waals surface area contributed by atoms with E-state index in [1.807, 2.05) is 6.92 Å². The van der Waals surface area contributed by atoms with Gasteiger partial charge in [0, 0.05) is 6.42 Å². The predicted molar refractivity (Wildman–Crippen MR) is 49.8 cm³/mol. The molecule has 0 aromatic carbocycles. The Morgan fingerprint density at radius 3 is 2.67 bits per heavy atom. The van der Waals surface area contributed by atoms with Crippen LogP contribution in [-0.4, -0.2) is 12.6 Å². The van der Waals surface area contributed by atoms with Crippen LogP contribution < -0.4 is 0 Å². The van der Waals surface area contributed by atoms with Gasteiger partial charge in [-0.3, -0.25) is 4.79 Å². The van der Waals surface area contributed by atoms with Crippen molar-refractivity contribution in [2.75, 3.05) is 6.61 Å². The van der Waals surface area contributed by atoms with Gasteiger partial charge in [-0.05, 0) is 19.8 Å². The van der Waals surface area contributed by atoms with Crippen molar-refractivity contribution in [3.05, 3.63) is 24.8 Å². The first-order valence-corrected chi connectivity index (χ1v) is 4.07. The van der Waals surface area contributed by atoms with Gasteiger partial charge in [0.15, 0.2) is 0 Å². The zero-order chi connectivity index (χ0) is 9.40. The SMILES string of the molecule is C=CCOC(=O)CCCC(=C)C. The van der Waals surface area contributed by atoms with Crippen LogP contribution in [-0.2, 0) is 9.53 Å². The average molecular weight is 168 g/mol. The Kier molecular flexibility index (Phi) is 6.07. The van der Waals surface area contributed by atoms with Crippen molar-refractivity contribution in [1.82, 2.24) is 0 Å². The maximum absolute atomic E-state index is 10.9. The van der Waals surface area contributed by atoms with Crippen molar-refractivity contribution >= 4 is 5.97 Å². The van der Waals surface area contributed by atoms with E-state index in [1.54, 1.807) is 6.08 Å². The van der Waals surface area contributed by atoms with Gasteiger partial charge in [-0.15, -0.1) is 6.58 Å². The maximum atomic E-state index is 10.9. The Morgan fingerprint density at radius 2 is 2.17 bits per heavy atom. The third-order valence-electron chi connectivity index (χ3n) is 1.35. The highest BCUT2D eigenvalue weighted by Crippen LogP contribution is 2.04. The lowest BCUT2D eigenvalue weighted by Gasteiger charge is -2.00. The van der Waals surface area contributed by atoms with Crippen LogP contribution in [0.5, 0.6) is 0 Å². The summed E-state index contributed by atoms with van der Waals surface area (Å²) in [4.78, 5) is 10.9. The summed E-state index contributed by atoms with van der Waals surface area (Å²) < 4.78 is 4.79. The van der Waals surface area contributed by atoms with E-state index in [1.165, 1.54) is 0 Å². The summed E-state index contributed by atoms with van der Waals surface area (Å²) in [6, 6.07) is 0. The summed E-state index contributed by atoms with van der Waals surface area (Å²) in [5, 5.41) is 0. The Labute approximate surface area is 73.9 Å². The molecule has 0 unspecified atom stereocenters. The lowest BCUT2D eigenvalue weighted by molar-refractivity contribution is -0.142. The van der Waals surface area contributed by atoms with E-state index < -0.39 is 0 Å². The standard InChI is InChI=1S/C10H16O2/c1-4-8-12-10(11)7-5-6-9(2)3/h4H,1-2,5-8H2,3H3. The summed E-state index contributed by atoms with van der Waals surface area (Å²) in [6.07, 6.45) is 3.76. The number of hydrogen-bond donors (Lipinski definition) is 0. The number of ether oxygens (including phenoxy) is 1. The third-order valence-corrected chi connectivity index (χ3v) is 1.35. The minimum absolute atomic E-state index is 0.156. The highest BCUT2D eigenvalue weighted by atomic mass is 16.5. The van der Waals surface area contributed by atoms with Crippen molar-refractivity contribution in [3.63, 3.8) is 0 Å². The summed E-state index contributed by atoms with van der Waals surface area (Å²) >= 11 is 0. The van der Waals surface area contributed by atoms with Crippen LogP contribution in [0.2, 0.25) is 0 Å². The molecular formula is C10H16O2. The van der Waals surface area contributed by atoms with Crippen LogP contribution in [0.4, 0.5) is 0 Å². The number of rotatable bonds is 6. The van der Waals surface area contributed by atoms with Crippen LogP contribution >= 0.6 is 0 Å². The average Bonchev–Trinajstić information content (AvgIpc) is 2.00. The number of esters is 1. The molecule has 0 aromatic rings. The maximum Gasteiger partial charge on any atom is 0.306 e. The molecule has 0 bridgehead atoms. The van der Waals surface area contributed by atoms with Gasteiger partial charge in [0.2, 0.25) is 0 Å². The smallest absolute Gasteiger partial charge is 0.306 e. The van der Waals surface area contributed by atoms with E-state index in [2.05, 4.69) is 13.2 Å². The molecule has 68 valence electrons. The third kappa shape index (κ3) is 7.06. The van der Waals surface area contributed by atoms with Crippen molar-refractivity contribution in [2.24, 2.45) is 0 Å². The lowest BCUT2D eigenvalue weighted by atomic mass is 10.1. The predicted octanol–water partition coefficient (Wildman–Crippen LogP) is 2.46. The molecule has 0 aliphatic rings. The second-order valence-corrected chi connectivity index (χ2v) is 2.78. The fourth-order valence-electron chi connectivity index (χ4n) is 0.759. The van der Waals surface area contributed by atoms with Crippen molar-refractivity contribution in [3.8, 4) is 0 Å². The molecule has 0 heterocycles. The van der Waals surface area contributed by atoms with Gasteiger partial charge < -0.3 is 4.74 Å². The minimum atomic E-state index is -0.156. The Morgan fingerprint density at radius 1 is 1.50 bits per heavy atom. The molecule has 0 atom stereocenters. The number of hydrogen-bond acceptors (Lipinski definition) is 2. The molecule has 0 radical (unpaired) electrons. The topological polar surface area (TPSA) is 26.3 Å². The highest BCUT2D eigenvalue weighted by Gasteiger charge is 2.00. The Hall–Kier alpha value is -1.05. The first-order valence-electron chi connectivity index (χ1n) is 4.07. The molecule has 12 heavy (non-hydrogen) atoms. The second-order valence-electron chi connectivity index (χ2n) is 2.78. The van der Waals surface area contributed by atoms with E-state index in [4.69, 9.17) is 4.74 Å². The van der Waals surface area contributed by atoms with Gasteiger partial charge >= 0.3 is 5.97 Å². The zero-order valence-electron chi connectivity index (χ0n) is 7.64. The zero-order valence-corrected chi connectivity index (χ0v) is 7.64. The molecule has 2 nitrogen and oxygen atoms in total. The lowest BCUT2D eigenvalue weighted by Crippen LogP contribution is -2.03. The number of allylic oxidation sites excluding steroid dienone is 1. The largest absolute Gasteiger partial charge is 0.461 e. The summed E-state index contributed by atoms with van der Waals surface area (Å²) in [5.41, 5.74) is 1.10. The van der Waals surface area contributed by atoms with E-state index in [-0.39, 0.29) is 5.97 Å². The van der Waals surface area contributed by atoms with Gasteiger partial charge in [-0.25, -0.2) is 0 Å². The van der Waals surface area contributed by atoms with Gasteiger partial charge in [-0.2, -0.15) is 0 Å². The van der Waals surface area contributed by atoms with Crippen molar-refractivity contribution < 1.29 is 9.53 Å². The van der Waals surface area contributed by atoms with Crippen LogP contribution in [0, 0.1) is 0 Å². The van der Waals surface area contributed by atoms with Gasteiger partial charge in [-0.1, -0.05) is 18.2 Å². The molecule has 0 rings (SSSR count). The van der Waals surface area contributed by atoms with Gasteiger partial charge in [0.25, 0.3) is 0 Å². The fraction of sp³-hybridized carbons (Fsp3) is 0.500. The van der Waals surface area contributed by atoms with E-state index >= 15 is 0 Å². The molecule has 0 aliphatic heterocycles. The van der Waals surface area contributed by atoms with Gasteiger partial charge in [0.05, 0.1) is 0 Å². The highest BCUT2D eigenvalue weighted by molar-refractivity contribution is 5.69. The molecule has 0 fully saturated rings. The number of carbonyl (C=O) groups excluding carboxylic acids is 1. The van der Waals surface area contributed by atoms with Crippen molar-refractivity contribution in [1.29, 1.82) is 0 Å². The molecule has 0 spiro atoms. The van der Waals surface area contributed by atoms with Crippen LogP contribution in [0.3, 0.4) is 0 Å². The van der Waals surface area contributed by atoms with Crippen LogP contribution in [0.1, 0.15) is 26.2 Å². The van der Waals surface area contributed by atoms with E-state index in [9.17, 15) is 4.79 Å². The quantitative estimate of drug-likeness (QED) is 0.450. The van der Waals surface area contributed by atoms with Crippen LogP contribution in [0.25, 0.3) is 0 Å². The van der Waals surface area contributed by atoms with E-state index in [0.29, 0.717) is 13.0 Å². The molecule has 0 saturated heterocycles. The Balaban J connectivity index is 3.31. The molecule has 0 aromatic heterocycles. The molecular weight excluding hydrogens is 152 g/mol. The summed E-state index contributed by atoms with van der Waals surface area (Å²) in [5.74, 6) is -0.156. The second kappa shape index (κ2) is 6.65. The van der Waals surface area contributed by atoms with Crippen LogP contribution in [0.15, 0.2) is 24.8 Å². The molecule has 0 saturated carbocycles. The van der Waals surface area contributed by atoms with E-state index in [0.717, 1.165) is 18.4 Å². The Bertz CT molecular complexity index is 171. The first kappa shape index (κ1) is 11.0. The number of carbonyl (C=O) groups is 1. The fourth-order valence-corrected chi connectivity index (χ4v) is 0.759. The van der Waals surface area contributed by atoms with Crippen molar-refractivity contribution in [2.45, 2.75) is 26.2 Å². The molecule has 0 aliphatic carbocycles. The molecule has 0 N–H and O–H groups in total.